The van der Waals surface area contributed by atoms with Gasteiger partial charge in [-0.15, -0.1) is 0 Å². The normalized spacial score (nSPS) is 15.0. The molecule has 1 N–H and O–H groups in total. The Labute approximate surface area is 122 Å². The number of carbonyl (C=O) groups excluding carboxylic acids is 1. The summed E-state index contributed by atoms with van der Waals surface area (Å²) in [4.78, 5) is 12.5. The van der Waals surface area contributed by atoms with Gasteiger partial charge in [0.1, 0.15) is 5.82 Å². The fraction of sp³-hybridized carbons (Fsp3) is 0.176. The molecular weight excluding hydrogens is 267 g/mol. The van der Waals surface area contributed by atoms with Gasteiger partial charge in [0.25, 0.3) is 0 Å². The molecule has 0 atom stereocenters. The zero-order valence-electron chi connectivity index (χ0n) is 11.3. The van der Waals surface area contributed by atoms with Crippen LogP contribution >= 0.6 is 0 Å². The highest BCUT2D eigenvalue weighted by atomic mass is 19.1. The number of rotatable bonds is 3. The molecule has 1 saturated carbocycles. The third-order valence-corrected chi connectivity index (χ3v) is 3.85. The third kappa shape index (κ3) is 2.38. The second-order valence-electron chi connectivity index (χ2n) is 5.21. The lowest BCUT2D eigenvalue weighted by Crippen LogP contribution is -2.28. The highest BCUT2D eigenvalue weighted by Gasteiger charge is 2.52. The van der Waals surface area contributed by atoms with Gasteiger partial charge < -0.3 is 5.32 Å². The van der Waals surface area contributed by atoms with Crippen molar-refractivity contribution in [1.82, 2.24) is 0 Å². The lowest BCUT2D eigenvalue weighted by atomic mass is 9.94. The van der Waals surface area contributed by atoms with Crippen LogP contribution in [0.1, 0.15) is 24.0 Å². The van der Waals surface area contributed by atoms with Crippen LogP contribution in [-0.4, -0.2) is 5.91 Å². The van der Waals surface area contributed by atoms with Gasteiger partial charge in [-0.2, -0.15) is 5.26 Å². The van der Waals surface area contributed by atoms with Crippen molar-refractivity contribution in [3.05, 3.63) is 65.5 Å². The molecule has 4 heteroatoms. The summed E-state index contributed by atoms with van der Waals surface area (Å²) in [5.41, 5.74) is 0.847. The number of anilines is 1. The summed E-state index contributed by atoms with van der Waals surface area (Å²) in [5, 5.41) is 11.6. The first kappa shape index (κ1) is 13.3. The summed E-state index contributed by atoms with van der Waals surface area (Å²) in [6, 6.07) is 15.1. The van der Waals surface area contributed by atoms with Gasteiger partial charge in [-0.25, -0.2) is 4.39 Å². The second kappa shape index (κ2) is 5.02. The van der Waals surface area contributed by atoms with E-state index in [0.717, 1.165) is 0 Å². The molecule has 1 aliphatic rings. The Morgan fingerprint density at radius 1 is 1.14 bits per heavy atom. The summed E-state index contributed by atoms with van der Waals surface area (Å²) < 4.78 is 13.9. The molecule has 0 aliphatic heterocycles. The van der Waals surface area contributed by atoms with E-state index in [-0.39, 0.29) is 11.7 Å². The molecule has 2 aromatic carbocycles. The van der Waals surface area contributed by atoms with Crippen molar-refractivity contribution in [3.63, 3.8) is 0 Å². The largest absolute Gasteiger partial charge is 0.325 e. The van der Waals surface area contributed by atoms with E-state index in [9.17, 15) is 9.18 Å². The van der Waals surface area contributed by atoms with Crippen LogP contribution in [0.15, 0.2) is 48.5 Å². The van der Waals surface area contributed by atoms with E-state index in [1.54, 1.807) is 42.5 Å². The fourth-order valence-corrected chi connectivity index (χ4v) is 2.47. The molecule has 1 aliphatic carbocycles. The van der Waals surface area contributed by atoms with Crippen molar-refractivity contribution in [1.29, 1.82) is 5.26 Å². The van der Waals surface area contributed by atoms with Gasteiger partial charge in [-0.05, 0) is 43.2 Å². The van der Waals surface area contributed by atoms with E-state index in [2.05, 4.69) is 5.32 Å². The van der Waals surface area contributed by atoms with Gasteiger partial charge in [0.05, 0.1) is 17.0 Å². The molecule has 3 nitrogen and oxygen atoms in total. The number of halogens is 1. The topological polar surface area (TPSA) is 52.9 Å². The standard InChI is InChI=1S/C17H13FN2O/c18-15-4-2-1-3-14(15)17(9-10-17)16(21)20-13-7-5-12(11-19)6-8-13/h1-8H,9-10H2,(H,20,21). The zero-order chi connectivity index (χ0) is 14.9. The smallest absolute Gasteiger partial charge is 0.235 e. The van der Waals surface area contributed by atoms with Gasteiger partial charge in [-0.3, -0.25) is 4.79 Å². The van der Waals surface area contributed by atoms with E-state index in [1.807, 2.05) is 6.07 Å². The second-order valence-corrected chi connectivity index (χ2v) is 5.21. The molecule has 0 radical (unpaired) electrons. The van der Waals surface area contributed by atoms with Crippen molar-refractivity contribution < 1.29 is 9.18 Å². The predicted octanol–water partition coefficient (Wildman–Crippen LogP) is 3.37. The SMILES string of the molecule is N#Cc1ccc(NC(=O)C2(c3ccccc3F)CC2)cc1. The molecule has 104 valence electrons. The lowest BCUT2D eigenvalue weighted by Gasteiger charge is -2.16. The van der Waals surface area contributed by atoms with Crippen LogP contribution in [0.25, 0.3) is 0 Å². The van der Waals surface area contributed by atoms with E-state index in [4.69, 9.17) is 5.26 Å². The Morgan fingerprint density at radius 3 is 2.38 bits per heavy atom. The van der Waals surface area contributed by atoms with Crippen molar-refractivity contribution in [3.8, 4) is 6.07 Å². The summed E-state index contributed by atoms with van der Waals surface area (Å²) in [6.07, 6.45) is 1.30. The Morgan fingerprint density at radius 2 is 1.81 bits per heavy atom. The van der Waals surface area contributed by atoms with E-state index < -0.39 is 5.41 Å². The minimum Gasteiger partial charge on any atom is -0.325 e. The molecule has 2 aromatic rings. The third-order valence-electron chi connectivity index (χ3n) is 3.85. The Bertz CT molecular complexity index is 727. The van der Waals surface area contributed by atoms with Gasteiger partial charge >= 0.3 is 0 Å². The first-order chi connectivity index (χ1) is 10.2. The number of nitrogens with one attached hydrogen (secondary N) is 1. The Kier molecular flexibility index (Phi) is 3.19. The molecule has 0 bridgehead atoms. The van der Waals surface area contributed by atoms with Gasteiger partial charge in [0.2, 0.25) is 5.91 Å². The van der Waals surface area contributed by atoms with Crippen LogP contribution in [0.4, 0.5) is 10.1 Å². The Balaban J connectivity index is 1.82. The average Bonchev–Trinajstić information content (AvgIpc) is 3.30. The van der Waals surface area contributed by atoms with Crippen molar-refractivity contribution in [2.45, 2.75) is 18.3 Å². The molecule has 21 heavy (non-hydrogen) atoms. The monoisotopic (exact) mass is 280 g/mol. The maximum Gasteiger partial charge on any atom is 0.235 e. The Hall–Kier alpha value is -2.67. The van der Waals surface area contributed by atoms with E-state index >= 15 is 0 Å². The summed E-state index contributed by atoms with van der Waals surface area (Å²) in [7, 11) is 0. The molecular formula is C17H13FN2O. The molecule has 0 saturated heterocycles. The van der Waals surface area contributed by atoms with E-state index in [0.29, 0.717) is 29.7 Å². The van der Waals surface area contributed by atoms with Gasteiger partial charge in [-0.1, -0.05) is 18.2 Å². The quantitative estimate of drug-likeness (QED) is 0.937. The summed E-state index contributed by atoms with van der Waals surface area (Å²) in [6.45, 7) is 0. The minimum atomic E-state index is -0.751. The lowest BCUT2D eigenvalue weighted by molar-refractivity contribution is -0.118. The number of hydrogen-bond donors (Lipinski definition) is 1. The van der Waals surface area contributed by atoms with Crippen LogP contribution in [0.2, 0.25) is 0 Å². The van der Waals surface area contributed by atoms with Gasteiger partial charge in [0.15, 0.2) is 0 Å². The molecule has 0 aromatic heterocycles. The molecule has 0 heterocycles. The van der Waals surface area contributed by atoms with Crippen LogP contribution in [-0.2, 0) is 10.2 Å². The predicted molar refractivity (Wildman–Crippen MR) is 77.1 cm³/mol. The molecule has 3 rings (SSSR count). The number of nitrogens with zero attached hydrogens (tertiary/aromatic N) is 1. The highest BCUT2D eigenvalue weighted by Crippen LogP contribution is 2.49. The van der Waals surface area contributed by atoms with Crippen molar-refractivity contribution in [2.24, 2.45) is 0 Å². The number of amides is 1. The number of carbonyl (C=O) groups is 1. The fourth-order valence-electron chi connectivity index (χ4n) is 2.47. The van der Waals surface area contributed by atoms with Crippen LogP contribution in [0, 0.1) is 17.1 Å². The number of benzene rings is 2. The van der Waals surface area contributed by atoms with E-state index in [1.165, 1.54) is 6.07 Å². The number of nitriles is 1. The molecule has 1 fully saturated rings. The van der Waals surface area contributed by atoms with Crippen LogP contribution in [0.5, 0.6) is 0 Å². The zero-order valence-corrected chi connectivity index (χ0v) is 11.3. The first-order valence-corrected chi connectivity index (χ1v) is 6.72. The summed E-state index contributed by atoms with van der Waals surface area (Å²) in [5.74, 6) is -0.540. The maximum absolute atomic E-state index is 13.9. The van der Waals surface area contributed by atoms with Crippen molar-refractivity contribution in [2.75, 3.05) is 5.32 Å². The van der Waals surface area contributed by atoms with Crippen LogP contribution < -0.4 is 5.32 Å². The first-order valence-electron chi connectivity index (χ1n) is 6.72. The van der Waals surface area contributed by atoms with Gasteiger partial charge in [0, 0.05) is 11.3 Å². The van der Waals surface area contributed by atoms with Crippen LogP contribution in [0.3, 0.4) is 0 Å². The van der Waals surface area contributed by atoms with Crippen molar-refractivity contribution >= 4 is 11.6 Å². The number of hydrogen-bond acceptors (Lipinski definition) is 2. The maximum atomic E-state index is 13.9. The molecule has 0 unspecified atom stereocenters. The molecule has 1 amide bonds. The highest BCUT2D eigenvalue weighted by molar-refractivity contribution is 6.01. The summed E-state index contributed by atoms with van der Waals surface area (Å²) >= 11 is 0. The molecule has 0 spiro atoms. The minimum absolute atomic E-state index is 0.197. The average molecular weight is 280 g/mol.